The van der Waals surface area contributed by atoms with Crippen LogP contribution < -0.4 is 0 Å². The van der Waals surface area contributed by atoms with E-state index in [1.54, 1.807) is 0 Å². The molecular formula is C47H30N4. The lowest BCUT2D eigenvalue weighted by molar-refractivity contribution is 1.08. The van der Waals surface area contributed by atoms with Crippen molar-refractivity contribution in [2.75, 3.05) is 0 Å². The molecular weight excluding hydrogens is 621 g/mol. The van der Waals surface area contributed by atoms with Gasteiger partial charge in [-0.15, -0.1) is 0 Å². The monoisotopic (exact) mass is 650 g/mol. The summed E-state index contributed by atoms with van der Waals surface area (Å²) in [5.74, 6) is 1.92. The van der Waals surface area contributed by atoms with Gasteiger partial charge in [-0.2, -0.15) is 0 Å². The predicted octanol–water partition coefficient (Wildman–Crippen LogP) is 11.9. The van der Waals surface area contributed by atoms with Crippen molar-refractivity contribution in [3.63, 3.8) is 0 Å². The summed E-state index contributed by atoms with van der Waals surface area (Å²) in [6.07, 6.45) is 0. The Bertz CT molecular complexity index is 2910. The van der Waals surface area contributed by atoms with Crippen molar-refractivity contribution < 1.29 is 0 Å². The lowest BCUT2D eigenvalue weighted by Crippen LogP contribution is -2.01. The van der Waals surface area contributed by atoms with Crippen LogP contribution in [0, 0.1) is 0 Å². The van der Waals surface area contributed by atoms with Crippen LogP contribution in [0.2, 0.25) is 0 Å². The molecule has 10 rings (SSSR count). The van der Waals surface area contributed by atoms with Gasteiger partial charge in [0.15, 0.2) is 17.5 Å². The molecule has 4 heteroatoms. The second kappa shape index (κ2) is 11.9. The lowest BCUT2D eigenvalue weighted by atomic mass is 10.0. The van der Waals surface area contributed by atoms with Gasteiger partial charge in [0.2, 0.25) is 0 Å². The maximum atomic E-state index is 5.18. The van der Waals surface area contributed by atoms with Crippen molar-refractivity contribution in [1.29, 1.82) is 0 Å². The van der Waals surface area contributed by atoms with E-state index in [0.29, 0.717) is 17.5 Å². The number of rotatable bonds is 5. The summed E-state index contributed by atoms with van der Waals surface area (Å²) in [6, 6.07) is 63.9. The highest BCUT2D eigenvalue weighted by molar-refractivity contribution is 6.15. The van der Waals surface area contributed by atoms with Crippen molar-refractivity contribution in [3.8, 4) is 51.0 Å². The minimum atomic E-state index is 0.638. The molecule has 4 nitrogen and oxygen atoms in total. The molecule has 51 heavy (non-hydrogen) atoms. The average molecular weight is 651 g/mol. The summed E-state index contributed by atoms with van der Waals surface area (Å²) >= 11 is 0. The molecule has 2 aromatic heterocycles. The van der Waals surface area contributed by atoms with Gasteiger partial charge in [-0.3, -0.25) is 0 Å². The van der Waals surface area contributed by atoms with Crippen molar-refractivity contribution in [1.82, 2.24) is 19.5 Å². The highest BCUT2D eigenvalue weighted by Gasteiger charge is 2.18. The summed E-state index contributed by atoms with van der Waals surface area (Å²) in [7, 11) is 0. The molecule has 8 aromatic carbocycles. The van der Waals surface area contributed by atoms with Gasteiger partial charge in [0.1, 0.15) is 0 Å². The number of nitrogens with zero attached hydrogens (tertiary/aromatic N) is 4. The van der Waals surface area contributed by atoms with Crippen molar-refractivity contribution in [3.05, 3.63) is 182 Å². The summed E-state index contributed by atoms with van der Waals surface area (Å²) in [6.45, 7) is 0. The minimum absolute atomic E-state index is 0.638. The molecule has 0 saturated carbocycles. The fraction of sp³-hybridized carbons (Fsp3) is 0. The molecule has 2 heterocycles. The summed E-state index contributed by atoms with van der Waals surface area (Å²) in [4.78, 5) is 15.3. The molecule has 0 radical (unpaired) electrons. The molecule has 238 valence electrons. The summed E-state index contributed by atoms with van der Waals surface area (Å²) in [5, 5.41) is 7.14. The van der Waals surface area contributed by atoms with Gasteiger partial charge >= 0.3 is 0 Å². The molecule has 10 aromatic rings. The van der Waals surface area contributed by atoms with E-state index in [1.807, 2.05) is 24.3 Å². The first-order chi connectivity index (χ1) is 25.3. The van der Waals surface area contributed by atoms with Gasteiger partial charge in [-0.25, -0.2) is 15.0 Å². The standard InChI is InChI=1S/C47H30N4/c1-3-14-31(15-4-1)33-20-11-21-36(28-33)46-48-45(32-16-5-2-6-17-32)49-47(50-46)40-25-12-24-38-37(40)23-13-27-43(38)51-42-26-10-9-22-39(42)41-29-34-18-7-8-19-35(34)30-44(41)51/h1-30H. The Morgan fingerprint density at radius 3 is 1.71 bits per heavy atom. The predicted molar refractivity (Wildman–Crippen MR) is 211 cm³/mol. The first kappa shape index (κ1) is 29.0. The number of benzene rings is 8. The Balaban J connectivity index is 1.20. The number of para-hydroxylation sites is 1. The Hall–Kier alpha value is -6.91. The van der Waals surface area contributed by atoms with Crippen LogP contribution in [0.3, 0.4) is 0 Å². The van der Waals surface area contributed by atoms with Crippen LogP contribution in [0.15, 0.2) is 182 Å². The van der Waals surface area contributed by atoms with Gasteiger partial charge < -0.3 is 4.57 Å². The van der Waals surface area contributed by atoms with Crippen LogP contribution in [0.1, 0.15) is 0 Å². The molecule has 0 aliphatic rings. The van der Waals surface area contributed by atoms with E-state index in [-0.39, 0.29) is 0 Å². The average Bonchev–Trinajstić information content (AvgIpc) is 3.53. The molecule has 0 unspecified atom stereocenters. The molecule has 0 spiro atoms. The van der Waals surface area contributed by atoms with E-state index in [4.69, 9.17) is 15.0 Å². The largest absolute Gasteiger partial charge is 0.309 e. The van der Waals surface area contributed by atoms with Crippen LogP contribution in [0.25, 0.3) is 94.3 Å². The third kappa shape index (κ3) is 4.96. The molecule has 0 bridgehead atoms. The fourth-order valence-corrected chi connectivity index (χ4v) is 7.41. The van der Waals surface area contributed by atoms with E-state index in [1.165, 1.54) is 32.6 Å². The molecule has 0 aliphatic carbocycles. The Kier molecular flexibility index (Phi) is 6.78. The van der Waals surface area contributed by atoms with Gasteiger partial charge in [0.25, 0.3) is 0 Å². The second-order valence-electron chi connectivity index (χ2n) is 12.9. The van der Waals surface area contributed by atoms with Crippen LogP contribution in [0.5, 0.6) is 0 Å². The molecule has 0 atom stereocenters. The summed E-state index contributed by atoms with van der Waals surface area (Å²) in [5.41, 5.74) is 8.58. The van der Waals surface area contributed by atoms with Crippen molar-refractivity contribution in [2.24, 2.45) is 0 Å². The first-order valence-electron chi connectivity index (χ1n) is 17.2. The van der Waals surface area contributed by atoms with Gasteiger partial charge in [-0.05, 0) is 57.6 Å². The highest BCUT2D eigenvalue weighted by Crippen LogP contribution is 2.39. The van der Waals surface area contributed by atoms with Crippen molar-refractivity contribution >= 4 is 43.4 Å². The van der Waals surface area contributed by atoms with E-state index in [0.717, 1.165) is 44.3 Å². The van der Waals surface area contributed by atoms with E-state index in [9.17, 15) is 0 Å². The molecule has 0 N–H and O–H groups in total. The zero-order chi connectivity index (χ0) is 33.7. The van der Waals surface area contributed by atoms with E-state index >= 15 is 0 Å². The number of fused-ring (bicyclic) bond motifs is 5. The topological polar surface area (TPSA) is 43.6 Å². The molecule has 0 amide bonds. The van der Waals surface area contributed by atoms with Crippen LogP contribution >= 0.6 is 0 Å². The Morgan fingerprint density at radius 2 is 0.882 bits per heavy atom. The van der Waals surface area contributed by atoms with Gasteiger partial charge in [0.05, 0.1) is 16.7 Å². The number of aromatic nitrogens is 4. The third-order valence-electron chi connectivity index (χ3n) is 9.82. The Morgan fingerprint density at radius 1 is 0.314 bits per heavy atom. The smallest absolute Gasteiger partial charge is 0.164 e. The SMILES string of the molecule is c1ccc(-c2cccc(-c3nc(-c4ccccc4)nc(-c4cccc5c(-n6c7ccccc7c7cc8ccccc8cc76)cccc45)n3)c2)cc1. The molecule has 0 saturated heterocycles. The molecule has 0 fully saturated rings. The van der Waals surface area contributed by atoms with Gasteiger partial charge in [0, 0.05) is 32.8 Å². The fourth-order valence-electron chi connectivity index (χ4n) is 7.41. The zero-order valence-electron chi connectivity index (χ0n) is 27.6. The minimum Gasteiger partial charge on any atom is -0.309 e. The second-order valence-corrected chi connectivity index (χ2v) is 12.9. The number of hydrogen-bond donors (Lipinski definition) is 0. The maximum Gasteiger partial charge on any atom is 0.164 e. The maximum absolute atomic E-state index is 5.18. The first-order valence-corrected chi connectivity index (χ1v) is 17.2. The summed E-state index contributed by atoms with van der Waals surface area (Å²) < 4.78 is 2.41. The highest BCUT2D eigenvalue weighted by atomic mass is 15.0. The van der Waals surface area contributed by atoms with Crippen LogP contribution in [-0.2, 0) is 0 Å². The zero-order valence-corrected chi connectivity index (χ0v) is 27.6. The van der Waals surface area contributed by atoms with Crippen molar-refractivity contribution in [2.45, 2.75) is 0 Å². The normalized spacial score (nSPS) is 11.5. The third-order valence-corrected chi connectivity index (χ3v) is 9.82. The quantitative estimate of drug-likeness (QED) is 0.186. The van der Waals surface area contributed by atoms with Gasteiger partial charge in [-0.1, -0.05) is 152 Å². The Labute approximate surface area is 295 Å². The van der Waals surface area contributed by atoms with Crippen LogP contribution in [0.4, 0.5) is 0 Å². The number of hydrogen-bond acceptors (Lipinski definition) is 3. The van der Waals surface area contributed by atoms with Crippen LogP contribution in [-0.4, -0.2) is 19.5 Å². The lowest BCUT2D eigenvalue weighted by Gasteiger charge is -2.15. The van der Waals surface area contributed by atoms with E-state index < -0.39 is 0 Å². The molecule has 0 aliphatic heterocycles. The van der Waals surface area contributed by atoms with E-state index in [2.05, 4.69) is 162 Å².